The summed E-state index contributed by atoms with van der Waals surface area (Å²) in [6.45, 7) is 1.83. The molecule has 5 heteroatoms. The van der Waals surface area contributed by atoms with E-state index in [1.54, 1.807) is 19.2 Å². The van der Waals surface area contributed by atoms with Crippen LogP contribution < -0.4 is 16.0 Å². The maximum absolute atomic E-state index is 13.6. The number of hydrazine groups is 1. The summed E-state index contributed by atoms with van der Waals surface area (Å²) in [4.78, 5) is 0. The summed E-state index contributed by atoms with van der Waals surface area (Å²) in [7, 11) is 1.56. The predicted molar refractivity (Wildman–Crippen MR) is 78.3 cm³/mol. The molecule has 3 N–H and O–H groups in total. The predicted octanol–water partition coefficient (Wildman–Crippen LogP) is 3.35. The van der Waals surface area contributed by atoms with Gasteiger partial charge in [-0.25, -0.2) is 9.82 Å². The van der Waals surface area contributed by atoms with Crippen LogP contribution >= 0.6 is 11.6 Å². The van der Waals surface area contributed by atoms with Gasteiger partial charge in [-0.05, 0) is 42.3 Å². The minimum atomic E-state index is -0.378. The summed E-state index contributed by atoms with van der Waals surface area (Å²) in [5.41, 5.74) is 5.04. The molecule has 0 fully saturated rings. The molecule has 2 aromatic carbocycles. The molecule has 3 nitrogen and oxygen atoms in total. The van der Waals surface area contributed by atoms with E-state index in [2.05, 4.69) is 5.43 Å². The number of nitrogens with two attached hydrogens (primary N) is 1. The number of methoxy groups -OCH3 is 1. The van der Waals surface area contributed by atoms with Gasteiger partial charge < -0.3 is 4.74 Å². The van der Waals surface area contributed by atoms with Crippen molar-refractivity contribution in [3.8, 4) is 5.75 Å². The third-order valence-corrected chi connectivity index (χ3v) is 3.31. The monoisotopic (exact) mass is 294 g/mol. The molecular weight excluding hydrogens is 279 g/mol. The zero-order chi connectivity index (χ0) is 14.7. The maximum Gasteiger partial charge on any atom is 0.125 e. The minimum absolute atomic E-state index is 0.298. The highest BCUT2D eigenvalue weighted by Gasteiger charge is 2.18. The Morgan fingerprint density at radius 2 is 2.00 bits per heavy atom. The number of aryl methyl sites for hydroxylation is 1. The van der Waals surface area contributed by atoms with Gasteiger partial charge in [0.1, 0.15) is 11.6 Å². The lowest BCUT2D eigenvalue weighted by Gasteiger charge is -2.20. The summed E-state index contributed by atoms with van der Waals surface area (Å²) in [6, 6.07) is 9.68. The van der Waals surface area contributed by atoms with E-state index < -0.39 is 0 Å². The van der Waals surface area contributed by atoms with Crippen LogP contribution in [0.25, 0.3) is 0 Å². The SMILES string of the molecule is COc1cc(Cl)ccc1C(NN)c1cc(C)cc(F)c1. The molecule has 0 aliphatic carbocycles. The van der Waals surface area contributed by atoms with E-state index in [0.717, 1.165) is 16.7 Å². The zero-order valence-corrected chi connectivity index (χ0v) is 12.0. The minimum Gasteiger partial charge on any atom is -0.496 e. The van der Waals surface area contributed by atoms with Crippen LogP contribution in [0.4, 0.5) is 4.39 Å². The largest absolute Gasteiger partial charge is 0.496 e. The number of hydrogen-bond acceptors (Lipinski definition) is 3. The smallest absolute Gasteiger partial charge is 0.125 e. The lowest BCUT2D eigenvalue weighted by Crippen LogP contribution is -2.29. The van der Waals surface area contributed by atoms with Crippen LogP contribution in [0.2, 0.25) is 5.02 Å². The molecule has 0 aromatic heterocycles. The molecule has 0 saturated carbocycles. The van der Waals surface area contributed by atoms with E-state index in [-0.39, 0.29) is 11.9 Å². The number of benzene rings is 2. The molecular formula is C15H16ClFN2O. The van der Waals surface area contributed by atoms with Gasteiger partial charge in [0.25, 0.3) is 0 Å². The van der Waals surface area contributed by atoms with Crippen molar-refractivity contribution in [3.63, 3.8) is 0 Å². The second-order valence-corrected chi connectivity index (χ2v) is 4.98. The van der Waals surface area contributed by atoms with Crippen LogP contribution in [0.5, 0.6) is 5.75 Å². The Bertz CT molecular complexity index is 599. The van der Waals surface area contributed by atoms with Gasteiger partial charge in [-0.2, -0.15) is 0 Å². The molecule has 106 valence electrons. The molecule has 0 radical (unpaired) electrons. The van der Waals surface area contributed by atoms with Gasteiger partial charge in [0, 0.05) is 10.6 Å². The van der Waals surface area contributed by atoms with Gasteiger partial charge in [-0.3, -0.25) is 5.84 Å². The highest BCUT2D eigenvalue weighted by atomic mass is 35.5. The Kier molecular flexibility index (Phi) is 4.60. The van der Waals surface area contributed by atoms with Crippen LogP contribution in [0.1, 0.15) is 22.7 Å². The third kappa shape index (κ3) is 3.10. The molecule has 0 amide bonds. The van der Waals surface area contributed by atoms with Crippen molar-refractivity contribution in [2.75, 3.05) is 7.11 Å². The second-order valence-electron chi connectivity index (χ2n) is 4.55. The molecule has 20 heavy (non-hydrogen) atoms. The van der Waals surface area contributed by atoms with E-state index in [4.69, 9.17) is 22.2 Å². The van der Waals surface area contributed by atoms with Crippen molar-refractivity contribution >= 4 is 11.6 Å². The van der Waals surface area contributed by atoms with Gasteiger partial charge >= 0.3 is 0 Å². The van der Waals surface area contributed by atoms with Crippen molar-refractivity contribution < 1.29 is 9.13 Å². The topological polar surface area (TPSA) is 47.3 Å². The first-order valence-electron chi connectivity index (χ1n) is 6.12. The van der Waals surface area contributed by atoms with E-state index in [0.29, 0.717) is 10.8 Å². The second kappa shape index (κ2) is 6.22. The van der Waals surface area contributed by atoms with Gasteiger partial charge in [0.15, 0.2) is 0 Å². The van der Waals surface area contributed by atoms with Gasteiger partial charge in [0.2, 0.25) is 0 Å². The Hall–Kier alpha value is -1.62. The number of ether oxygens (including phenoxy) is 1. The van der Waals surface area contributed by atoms with E-state index in [1.165, 1.54) is 12.1 Å². The summed E-state index contributed by atoms with van der Waals surface area (Å²) in [5.74, 6) is 5.94. The fraction of sp³-hybridized carbons (Fsp3) is 0.200. The van der Waals surface area contributed by atoms with Crippen molar-refractivity contribution in [1.29, 1.82) is 0 Å². The van der Waals surface area contributed by atoms with Crippen LogP contribution in [-0.4, -0.2) is 7.11 Å². The van der Waals surface area contributed by atoms with Crippen LogP contribution in [0, 0.1) is 12.7 Å². The fourth-order valence-electron chi connectivity index (χ4n) is 2.22. The van der Waals surface area contributed by atoms with Crippen LogP contribution in [-0.2, 0) is 0 Å². The summed E-state index contributed by atoms with van der Waals surface area (Å²) >= 11 is 5.95. The lowest BCUT2D eigenvalue weighted by molar-refractivity contribution is 0.404. The molecule has 0 spiro atoms. The Morgan fingerprint density at radius 3 is 2.60 bits per heavy atom. The first-order chi connectivity index (χ1) is 9.55. The summed E-state index contributed by atoms with van der Waals surface area (Å²) in [6.07, 6.45) is 0. The zero-order valence-electron chi connectivity index (χ0n) is 11.3. The number of halogens is 2. The molecule has 2 aromatic rings. The van der Waals surface area contributed by atoms with Crippen molar-refractivity contribution in [2.24, 2.45) is 5.84 Å². The van der Waals surface area contributed by atoms with Crippen LogP contribution in [0.15, 0.2) is 36.4 Å². The average molecular weight is 295 g/mol. The van der Waals surface area contributed by atoms with Gasteiger partial charge in [-0.15, -0.1) is 0 Å². The Morgan fingerprint density at radius 1 is 1.25 bits per heavy atom. The summed E-state index contributed by atoms with van der Waals surface area (Å²) in [5, 5.41) is 0.566. The van der Waals surface area contributed by atoms with Crippen molar-refractivity contribution in [1.82, 2.24) is 5.43 Å². The number of nitrogens with one attached hydrogen (secondary N) is 1. The van der Waals surface area contributed by atoms with Crippen LogP contribution in [0.3, 0.4) is 0 Å². The van der Waals surface area contributed by atoms with Crippen molar-refractivity contribution in [2.45, 2.75) is 13.0 Å². The third-order valence-electron chi connectivity index (χ3n) is 3.07. The highest BCUT2D eigenvalue weighted by molar-refractivity contribution is 6.30. The van der Waals surface area contributed by atoms with E-state index in [9.17, 15) is 4.39 Å². The normalized spacial score (nSPS) is 12.2. The molecule has 0 bridgehead atoms. The maximum atomic E-state index is 13.6. The summed E-state index contributed by atoms with van der Waals surface area (Å²) < 4.78 is 18.9. The molecule has 1 atom stereocenters. The standard InChI is InChI=1S/C15H16ClFN2O/c1-9-5-10(7-12(17)6-9)15(19-18)13-4-3-11(16)8-14(13)20-2/h3-8,15,19H,18H2,1-2H3. The molecule has 0 saturated heterocycles. The van der Waals surface area contributed by atoms with Gasteiger partial charge in [0.05, 0.1) is 13.2 Å². The number of hydrogen-bond donors (Lipinski definition) is 2. The van der Waals surface area contributed by atoms with E-state index >= 15 is 0 Å². The molecule has 1 unspecified atom stereocenters. The Labute approximate surface area is 122 Å². The molecule has 0 heterocycles. The molecule has 2 rings (SSSR count). The molecule has 0 aliphatic heterocycles. The van der Waals surface area contributed by atoms with Crippen molar-refractivity contribution in [3.05, 3.63) is 63.9 Å². The quantitative estimate of drug-likeness (QED) is 0.671. The Balaban J connectivity index is 2.52. The lowest BCUT2D eigenvalue weighted by atomic mass is 9.97. The first-order valence-corrected chi connectivity index (χ1v) is 6.49. The van der Waals surface area contributed by atoms with Gasteiger partial charge in [-0.1, -0.05) is 23.7 Å². The van der Waals surface area contributed by atoms with E-state index in [1.807, 2.05) is 19.1 Å². The molecule has 0 aliphatic rings. The number of rotatable bonds is 4. The fourth-order valence-corrected chi connectivity index (χ4v) is 2.38. The average Bonchev–Trinajstić information content (AvgIpc) is 2.40. The highest BCUT2D eigenvalue weighted by Crippen LogP contribution is 2.32. The first kappa shape index (κ1) is 14.8.